The van der Waals surface area contributed by atoms with Crippen LogP contribution in [0.2, 0.25) is 0 Å². The summed E-state index contributed by atoms with van der Waals surface area (Å²) in [5.41, 5.74) is 6.70. The van der Waals surface area contributed by atoms with Crippen molar-refractivity contribution in [2.45, 2.75) is 31.1 Å². The molecule has 1 amide bonds. The number of fused-ring (bicyclic) bond motifs is 3. The van der Waals surface area contributed by atoms with Crippen molar-refractivity contribution >= 4 is 17.1 Å². The van der Waals surface area contributed by atoms with Crippen LogP contribution >= 0.6 is 0 Å². The highest BCUT2D eigenvalue weighted by Gasteiger charge is 2.44. The maximum atomic E-state index is 12.4. The van der Waals surface area contributed by atoms with Gasteiger partial charge >= 0.3 is 0 Å². The Bertz CT molecular complexity index is 1190. The molecule has 0 spiro atoms. The number of piperidine rings is 1. The molecule has 6 nitrogen and oxygen atoms in total. The lowest BCUT2D eigenvalue weighted by Crippen LogP contribution is -2.49. The average molecular weight is 442 g/mol. The number of rotatable bonds is 4. The Morgan fingerprint density at radius 2 is 1.67 bits per heavy atom. The van der Waals surface area contributed by atoms with E-state index in [1.165, 1.54) is 54.9 Å². The van der Waals surface area contributed by atoms with Crippen LogP contribution in [0.15, 0.2) is 48.8 Å². The third-order valence-electron chi connectivity index (χ3n) is 8.51. The summed E-state index contributed by atoms with van der Waals surface area (Å²) in [5.74, 6) is 0.676. The minimum Gasteiger partial charge on any atom is -0.366 e. The lowest BCUT2D eigenvalue weighted by molar-refractivity contribution is -0.132. The van der Waals surface area contributed by atoms with Gasteiger partial charge in [-0.2, -0.15) is 5.10 Å². The Labute approximate surface area is 194 Å². The minimum atomic E-state index is 0.310. The molecule has 3 aliphatic heterocycles. The van der Waals surface area contributed by atoms with Gasteiger partial charge in [0.1, 0.15) is 0 Å². The molecule has 6 heteroatoms. The van der Waals surface area contributed by atoms with E-state index in [0.29, 0.717) is 17.2 Å². The largest absolute Gasteiger partial charge is 0.366 e. The molecule has 2 bridgehead atoms. The number of amides is 1. The molecule has 4 fully saturated rings. The van der Waals surface area contributed by atoms with Crippen LogP contribution in [0.1, 0.15) is 31.2 Å². The summed E-state index contributed by atoms with van der Waals surface area (Å²) >= 11 is 0. The molecule has 170 valence electrons. The molecule has 33 heavy (non-hydrogen) atoms. The Balaban J connectivity index is 1.13. The Hall–Kier alpha value is -2.86. The molecule has 2 aromatic heterocycles. The van der Waals surface area contributed by atoms with Crippen molar-refractivity contribution in [1.82, 2.24) is 19.4 Å². The first-order chi connectivity index (χ1) is 16.2. The molecular formula is C27H31N5O. The molecule has 0 radical (unpaired) electrons. The first-order valence-corrected chi connectivity index (χ1v) is 12.5. The predicted molar refractivity (Wildman–Crippen MR) is 129 cm³/mol. The van der Waals surface area contributed by atoms with Gasteiger partial charge < -0.3 is 14.7 Å². The number of piperazine rings is 1. The highest BCUT2D eigenvalue weighted by Crippen LogP contribution is 2.43. The van der Waals surface area contributed by atoms with Crippen molar-refractivity contribution in [1.29, 1.82) is 0 Å². The molecule has 0 N–H and O–H groups in total. The van der Waals surface area contributed by atoms with E-state index in [0.717, 1.165) is 44.5 Å². The van der Waals surface area contributed by atoms with Gasteiger partial charge in [-0.15, -0.1) is 0 Å². The van der Waals surface area contributed by atoms with Crippen LogP contribution in [0.4, 0.5) is 5.69 Å². The van der Waals surface area contributed by atoms with Gasteiger partial charge in [0.25, 0.3) is 0 Å². The fourth-order valence-electron chi connectivity index (χ4n) is 6.30. The second-order valence-corrected chi connectivity index (χ2v) is 10.5. The smallest absolute Gasteiger partial charge is 0.225 e. The van der Waals surface area contributed by atoms with Crippen molar-refractivity contribution < 1.29 is 4.79 Å². The topological polar surface area (TPSA) is 44.1 Å². The third-order valence-corrected chi connectivity index (χ3v) is 8.51. The molecule has 1 saturated carbocycles. The maximum Gasteiger partial charge on any atom is 0.225 e. The third kappa shape index (κ3) is 3.26. The molecule has 1 aliphatic carbocycles. The summed E-state index contributed by atoms with van der Waals surface area (Å²) in [6.07, 6.45) is 8.80. The van der Waals surface area contributed by atoms with Gasteiger partial charge in [0.05, 0.1) is 11.2 Å². The fraction of sp³-hybridized carbons (Fsp3) is 0.481. The van der Waals surface area contributed by atoms with E-state index in [9.17, 15) is 4.79 Å². The molecule has 3 aromatic rings. The van der Waals surface area contributed by atoms with E-state index in [1.807, 2.05) is 10.7 Å². The van der Waals surface area contributed by atoms with Crippen LogP contribution in [0, 0.1) is 5.92 Å². The van der Waals surface area contributed by atoms with Gasteiger partial charge in [0, 0.05) is 62.0 Å². The first kappa shape index (κ1) is 19.6. The number of aromatic nitrogens is 2. The average Bonchev–Trinajstić information content (AvgIpc) is 3.30. The summed E-state index contributed by atoms with van der Waals surface area (Å²) in [7, 11) is 0. The SMILES string of the molecule is O=C(C1CC1)N1CCN(c2ccnn3cc(-c4ccc(C56CCN(CC5)C6)cc4)cc23)CC1. The summed E-state index contributed by atoms with van der Waals surface area (Å²) in [5, 5.41) is 4.59. The monoisotopic (exact) mass is 441 g/mol. The number of carbonyl (C=O) groups is 1. The van der Waals surface area contributed by atoms with Crippen molar-refractivity contribution in [3.8, 4) is 11.1 Å². The molecule has 7 rings (SSSR count). The highest BCUT2D eigenvalue weighted by atomic mass is 16.2. The molecule has 4 aliphatic rings. The second kappa shape index (κ2) is 7.32. The van der Waals surface area contributed by atoms with Crippen LogP contribution in [-0.4, -0.2) is 71.1 Å². The van der Waals surface area contributed by atoms with Crippen molar-refractivity contribution in [3.63, 3.8) is 0 Å². The van der Waals surface area contributed by atoms with E-state index in [-0.39, 0.29) is 0 Å². The number of nitrogens with zero attached hydrogens (tertiary/aromatic N) is 5. The molecule has 0 atom stereocenters. The van der Waals surface area contributed by atoms with E-state index < -0.39 is 0 Å². The Morgan fingerprint density at radius 3 is 2.33 bits per heavy atom. The van der Waals surface area contributed by atoms with Gasteiger partial charge in [-0.25, -0.2) is 4.52 Å². The van der Waals surface area contributed by atoms with Gasteiger partial charge in [0.2, 0.25) is 5.91 Å². The van der Waals surface area contributed by atoms with Gasteiger partial charge in [-0.1, -0.05) is 24.3 Å². The first-order valence-electron chi connectivity index (χ1n) is 12.5. The predicted octanol–water partition coefficient (Wildman–Crippen LogP) is 3.41. The number of hydrogen-bond donors (Lipinski definition) is 0. The molecule has 0 unspecified atom stereocenters. The van der Waals surface area contributed by atoms with Gasteiger partial charge in [-0.05, 0) is 62.0 Å². The number of anilines is 1. The van der Waals surface area contributed by atoms with Crippen LogP contribution in [0.3, 0.4) is 0 Å². The lowest BCUT2D eigenvalue weighted by Gasteiger charge is -2.36. The zero-order valence-electron chi connectivity index (χ0n) is 19.1. The molecule has 3 saturated heterocycles. The normalized spacial score (nSPS) is 27.0. The summed E-state index contributed by atoms with van der Waals surface area (Å²) in [4.78, 5) is 19.5. The Morgan fingerprint density at radius 1 is 0.909 bits per heavy atom. The second-order valence-electron chi connectivity index (χ2n) is 10.5. The van der Waals surface area contributed by atoms with Crippen LogP contribution in [0.25, 0.3) is 16.6 Å². The zero-order chi connectivity index (χ0) is 22.0. The summed E-state index contributed by atoms with van der Waals surface area (Å²) in [6, 6.07) is 13.7. The molecule has 1 aromatic carbocycles. The maximum absolute atomic E-state index is 12.4. The van der Waals surface area contributed by atoms with Gasteiger partial charge in [-0.3, -0.25) is 4.79 Å². The van der Waals surface area contributed by atoms with E-state index >= 15 is 0 Å². The van der Waals surface area contributed by atoms with Crippen molar-refractivity contribution in [2.24, 2.45) is 5.92 Å². The lowest BCUT2D eigenvalue weighted by atomic mass is 9.77. The minimum absolute atomic E-state index is 0.310. The van der Waals surface area contributed by atoms with E-state index in [2.05, 4.69) is 62.4 Å². The molecule has 5 heterocycles. The van der Waals surface area contributed by atoms with E-state index in [1.54, 1.807) is 0 Å². The molecular weight excluding hydrogens is 410 g/mol. The van der Waals surface area contributed by atoms with Crippen LogP contribution in [0.5, 0.6) is 0 Å². The summed E-state index contributed by atoms with van der Waals surface area (Å²) in [6.45, 7) is 7.14. The van der Waals surface area contributed by atoms with Crippen molar-refractivity contribution in [2.75, 3.05) is 50.7 Å². The number of benzene rings is 1. The van der Waals surface area contributed by atoms with E-state index in [4.69, 9.17) is 0 Å². The number of carbonyl (C=O) groups excluding carboxylic acids is 1. The Kier molecular flexibility index (Phi) is 4.35. The highest BCUT2D eigenvalue weighted by molar-refractivity contribution is 5.82. The standard InChI is InChI=1S/C27H31N5O/c33-26(21-1-2-21)31-15-13-30(14-16-31)24-7-10-28-32-18-22(17-25(24)32)20-3-5-23(6-4-20)27-8-11-29(19-27)12-9-27/h3-7,10,17-18,21H,1-2,8-9,11-16,19H2. The quantitative estimate of drug-likeness (QED) is 0.623. The van der Waals surface area contributed by atoms with Gasteiger partial charge in [0.15, 0.2) is 0 Å². The number of hydrogen-bond acceptors (Lipinski definition) is 4. The zero-order valence-corrected chi connectivity index (χ0v) is 19.1. The van der Waals surface area contributed by atoms with Crippen LogP contribution in [-0.2, 0) is 10.2 Å². The van der Waals surface area contributed by atoms with Crippen molar-refractivity contribution in [3.05, 3.63) is 54.4 Å². The summed E-state index contributed by atoms with van der Waals surface area (Å²) < 4.78 is 2.00. The fourth-order valence-corrected chi connectivity index (χ4v) is 6.30. The van der Waals surface area contributed by atoms with Crippen LogP contribution < -0.4 is 4.90 Å².